The van der Waals surface area contributed by atoms with Crippen molar-refractivity contribution in [2.24, 2.45) is 10.7 Å². The molecule has 6 heteroatoms. The summed E-state index contributed by atoms with van der Waals surface area (Å²) in [4.78, 5) is 15.8. The average molecular weight is 368 g/mol. The zero-order valence-electron chi connectivity index (χ0n) is 14.7. The van der Waals surface area contributed by atoms with Crippen molar-refractivity contribution in [1.82, 2.24) is 0 Å². The van der Waals surface area contributed by atoms with Crippen LogP contribution in [0.4, 0.5) is 0 Å². The topological polar surface area (TPSA) is 73.9 Å². The third-order valence-electron chi connectivity index (χ3n) is 3.82. The van der Waals surface area contributed by atoms with Crippen LogP contribution in [-0.2, 0) is 4.79 Å². The first kappa shape index (κ1) is 18.1. The maximum atomic E-state index is 11.6. The largest absolute Gasteiger partial charge is 0.490 e. The summed E-state index contributed by atoms with van der Waals surface area (Å²) in [6.45, 7) is 4.98. The molecule has 2 aromatic rings. The number of thioether (sulfide) groups is 1. The highest BCUT2D eigenvalue weighted by Gasteiger charge is 2.19. The molecule has 134 valence electrons. The molecule has 0 aliphatic carbocycles. The van der Waals surface area contributed by atoms with Gasteiger partial charge in [0.25, 0.3) is 5.91 Å². The van der Waals surface area contributed by atoms with Crippen LogP contribution in [0.25, 0.3) is 6.08 Å². The predicted octanol–water partition coefficient (Wildman–Crippen LogP) is 3.69. The molecule has 0 bridgehead atoms. The van der Waals surface area contributed by atoms with E-state index in [1.165, 1.54) is 11.8 Å². The van der Waals surface area contributed by atoms with Gasteiger partial charge in [-0.3, -0.25) is 4.79 Å². The minimum Gasteiger partial charge on any atom is -0.490 e. The number of amides is 1. The molecule has 1 heterocycles. The number of carbonyl (C=O) groups is 1. The highest BCUT2D eigenvalue weighted by molar-refractivity contribution is 8.18. The molecule has 0 saturated carbocycles. The molecule has 1 amide bonds. The fourth-order valence-electron chi connectivity index (χ4n) is 2.57. The third kappa shape index (κ3) is 4.46. The molecule has 0 atom stereocenters. The first-order valence-corrected chi connectivity index (χ1v) is 9.04. The van der Waals surface area contributed by atoms with Crippen molar-refractivity contribution in [3.05, 3.63) is 64.1 Å². The smallest absolute Gasteiger partial charge is 0.286 e. The van der Waals surface area contributed by atoms with E-state index in [1.807, 2.05) is 56.3 Å². The van der Waals surface area contributed by atoms with Gasteiger partial charge in [0.05, 0.1) is 4.91 Å². The van der Waals surface area contributed by atoms with Crippen LogP contribution in [0.15, 0.2) is 52.4 Å². The molecule has 1 aliphatic rings. The van der Waals surface area contributed by atoms with E-state index in [-0.39, 0.29) is 11.1 Å². The number of hydrogen-bond acceptors (Lipinski definition) is 5. The summed E-state index contributed by atoms with van der Waals surface area (Å²) in [5.41, 5.74) is 8.67. The van der Waals surface area contributed by atoms with E-state index < -0.39 is 0 Å². The van der Waals surface area contributed by atoms with E-state index in [2.05, 4.69) is 4.99 Å². The van der Waals surface area contributed by atoms with Gasteiger partial charge in [-0.25, -0.2) is 0 Å². The first-order chi connectivity index (χ1) is 12.5. The molecular formula is C20H20N2O3S. The fraction of sp³-hybridized carbons (Fsp3) is 0.200. The Kier molecular flexibility index (Phi) is 5.63. The number of aryl methyl sites for hydroxylation is 2. The van der Waals surface area contributed by atoms with Gasteiger partial charge in [-0.05, 0) is 60.5 Å². The van der Waals surface area contributed by atoms with Crippen molar-refractivity contribution < 1.29 is 14.3 Å². The van der Waals surface area contributed by atoms with Crippen LogP contribution in [0.2, 0.25) is 0 Å². The van der Waals surface area contributed by atoms with Gasteiger partial charge in [-0.1, -0.05) is 30.3 Å². The Bertz CT molecular complexity index is 853. The monoisotopic (exact) mass is 368 g/mol. The molecular weight excluding hydrogens is 348 g/mol. The lowest BCUT2D eigenvalue weighted by molar-refractivity contribution is -0.113. The molecule has 5 nitrogen and oxygen atoms in total. The van der Waals surface area contributed by atoms with Gasteiger partial charge in [0.2, 0.25) is 0 Å². The summed E-state index contributed by atoms with van der Waals surface area (Å²) in [7, 11) is 0. The number of hydrogen-bond donors (Lipinski definition) is 1. The van der Waals surface area contributed by atoms with Gasteiger partial charge in [0.15, 0.2) is 5.17 Å². The molecule has 26 heavy (non-hydrogen) atoms. The van der Waals surface area contributed by atoms with Crippen LogP contribution in [-0.4, -0.2) is 24.3 Å². The van der Waals surface area contributed by atoms with Crippen molar-refractivity contribution in [2.75, 3.05) is 13.2 Å². The standard InChI is InChI=1S/C20H20N2O3S/c1-13-4-3-5-14(2)18(13)25-11-10-24-16-8-6-15(7-9-16)12-17-19(23)22-20(21)26-17/h3-9,12H,10-11H2,1-2H3,(H2,21,22,23). The Morgan fingerprint density at radius 2 is 1.69 bits per heavy atom. The molecule has 3 rings (SSSR count). The lowest BCUT2D eigenvalue weighted by Crippen LogP contribution is -2.10. The molecule has 2 N–H and O–H groups in total. The van der Waals surface area contributed by atoms with Crippen LogP contribution >= 0.6 is 11.8 Å². The van der Waals surface area contributed by atoms with Crippen molar-refractivity contribution in [3.8, 4) is 11.5 Å². The van der Waals surface area contributed by atoms with Crippen LogP contribution in [0.1, 0.15) is 16.7 Å². The van der Waals surface area contributed by atoms with E-state index >= 15 is 0 Å². The van der Waals surface area contributed by atoms with Crippen LogP contribution in [0, 0.1) is 13.8 Å². The zero-order valence-corrected chi connectivity index (χ0v) is 15.5. The van der Waals surface area contributed by atoms with Gasteiger partial charge in [-0.2, -0.15) is 4.99 Å². The van der Waals surface area contributed by atoms with E-state index in [0.717, 1.165) is 28.2 Å². The zero-order chi connectivity index (χ0) is 18.5. The highest BCUT2D eigenvalue weighted by atomic mass is 32.2. The summed E-state index contributed by atoms with van der Waals surface area (Å²) in [5.74, 6) is 1.37. The van der Waals surface area contributed by atoms with Crippen molar-refractivity contribution in [2.45, 2.75) is 13.8 Å². The van der Waals surface area contributed by atoms with Crippen molar-refractivity contribution in [1.29, 1.82) is 0 Å². The molecule has 1 aliphatic heterocycles. The number of carbonyl (C=O) groups excluding carboxylic acids is 1. The number of aliphatic imine (C=N–C) groups is 1. The minimum atomic E-state index is -0.295. The Morgan fingerprint density at radius 1 is 1.04 bits per heavy atom. The van der Waals surface area contributed by atoms with Gasteiger partial charge < -0.3 is 15.2 Å². The molecule has 2 aromatic carbocycles. The number of amidine groups is 1. The molecule has 0 spiro atoms. The van der Waals surface area contributed by atoms with Gasteiger partial charge in [0.1, 0.15) is 24.7 Å². The Hall–Kier alpha value is -2.73. The first-order valence-electron chi connectivity index (χ1n) is 8.23. The maximum Gasteiger partial charge on any atom is 0.286 e. The maximum absolute atomic E-state index is 11.6. The second-order valence-electron chi connectivity index (χ2n) is 5.85. The predicted molar refractivity (Wildman–Crippen MR) is 106 cm³/mol. The molecule has 0 aromatic heterocycles. The summed E-state index contributed by atoms with van der Waals surface area (Å²) in [6, 6.07) is 13.6. The molecule has 0 fully saturated rings. The molecule has 0 saturated heterocycles. The Balaban J connectivity index is 1.51. The summed E-state index contributed by atoms with van der Waals surface area (Å²) >= 11 is 1.18. The SMILES string of the molecule is Cc1cccc(C)c1OCCOc1ccc(C=C2SC(N)=NC2=O)cc1. The van der Waals surface area contributed by atoms with Gasteiger partial charge in [0, 0.05) is 0 Å². The van der Waals surface area contributed by atoms with Crippen molar-refractivity contribution >= 4 is 28.9 Å². The second-order valence-corrected chi connectivity index (χ2v) is 6.91. The number of nitrogens with two attached hydrogens (primary N) is 1. The average Bonchev–Trinajstić information content (AvgIpc) is 2.92. The Labute approximate surface area is 156 Å². The van der Waals surface area contributed by atoms with Crippen LogP contribution in [0.5, 0.6) is 11.5 Å². The van der Waals surface area contributed by atoms with Crippen LogP contribution < -0.4 is 15.2 Å². The van der Waals surface area contributed by atoms with Crippen LogP contribution in [0.3, 0.4) is 0 Å². The van der Waals surface area contributed by atoms with E-state index in [9.17, 15) is 4.79 Å². The number of benzene rings is 2. The normalized spacial score (nSPS) is 15.2. The molecule has 0 unspecified atom stereocenters. The third-order valence-corrected chi connectivity index (χ3v) is 4.63. The highest BCUT2D eigenvalue weighted by Crippen LogP contribution is 2.27. The van der Waals surface area contributed by atoms with E-state index in [4.69, 9.17) is 15.2 Å². The second kappa shape index (κ2) is 8.10. The summed E-state index contributed by atoms with van der Waals surface area (Å²) in [5, 5.41) is 0.282. The number of ether oxygens (including phenoxy) is 2. The van der Waals surface area contributed by atoms with E-state index in [0.29, 0.717) is 18.1 Å². The quantitative estimate of drug-likeness (QED) is 0.622. The lowest BCUT2D eigenvalue weighted by Gasteiger charge is -2.12. The Morgan fingerprint density at radius 3 is 2.31 bits per heavy atom. The van der Waals surface area contributed by atoms with Crippen molar-refractivity contribution in [3.63, 3.8) is 0 Å². The minimum absolute atomic E-state index is 0.282. The van der Waals surface area contributed by atoms with Gasteiger partial charge in [-0.15, -0.1) is 0 Å². The van der Waals surface area contributed by atoms with E-state index in [1.54, 1.807) is 6.08 Å². The number of para-hydroxylation sites is 1. The lowest BCUT2D eigenvalue weighted by atomic mass is 10.1. The van der Waals surface area contributed by atoms with Gasteiger partial charge >= 0.3 is 0 Å². The summed E-state index contributed by atoms with van der Waals surface area (Å²) in [6.07, 6.45) is 1.77. The summed E-state index contributed by atoms with van der Waals surface area (Å²) < 4.78 is 11.5. The fourth-order valence-corrected chi connectivity index (χ4v) is 3.25. The number of rotatable bonds is 6. The number of nitrogens with zero attached hydrogens (tertiary/aromatic N) is 1. The molecule has 0 radical (unpaired) electrons.